The van der Waals surface area contributed by atoms with E-state index in [2.05, 4.69) is 5.32 Å². The topological polar surface area (TPSA) is 29.1 Å². The van der Waals surface area contributed by atoms with Gasteiger partial charge in [-0.15, -0.1) is 11.8 Å². The van der Waals surface area contributed by atoms with Gasteiger partial charge in [0.1, 0.15) is 0 Å². The lowest BCUT2D eigenvalue weighted by Crippen LogP contribution is -2.33. The summed E-state index contributed by atoms with van der Waals surface area (Å²) in [5.74, 6) is 0.0802. The van der Waals surface area contributed by atoms with Crippen molar-refractivity contribution in [2.75, 3.05) is 6.54 Å². The zero-order valence-corrected chi connectivity index (χ0v) is 15.9. The molecule has 5 heteroatoms. The predicted molar refractivity (Wildman–Crippen MR) is 104 cm³/mol. The summed E-state index contributed by atoms with van der Waals surface area (Å²) in [5.41, 5.74) is 1.12. The minimum absolute atomic E-state index is 0.0802. The maximum absolute atomic E-state index is 12.3. The molecule has 0 bridgehead atoms. The highest BCUT2D eigenvalue weighted by atomic mass is 35.5. The van der Waals surface area contributed by atoms with Crippen molar-refractivity contribution in [1.82, 2.24) is 5.32 Å². The lowest BCUT2D eigenvalue weighted by atomic mass is 10.1. The molecule has 2 rings (SSSR count). The number of benzene rings is 2. The Hall–Kier alpha value is -1.16. The van der Waals surface area contributed by atoms with E-state index in [0.29, 0.717) is 11.6 Å². The normalized spacial score (nSPS) is 12.0. The Labute approximate surface area is 157 Å². The average molecular weight is 382 g/mol. The molecule has 0 aliphatic rings. The van der Waals surface area contributed by atoms with E-state index in [4.69, 9.17) is 23.2 Å². The number of rotatable bonds is 8. The first-order chi connectivity index (χ1) is 11.6. The van der Waals surface area contributed by atoms with Crippen molar-refractivity contribution in [3.63, 3.8) is 0 Å². The number of carbonyl (C=O) groups is 1. The van der Waals surface area contributed by atoms with Gasteiger partial charge in [0.2, 0.25) is 5.91 Å². The van der Waals surface area contributed by atoms with Gasteiger partial charge in [-0.3, -0.25) is 4.79 Å². The molecule has 128 valence electrons. The fraction of sp³-hybridized carbons (Fsp3) is 0.316. The predicted octanol–water partition coefficient (Wildman–Crippen LogP) is 5.61. The number of hydrogen-bond donors (Lipinski definition) is 1. The first-order valence-electron chi connectivity index (χ1n) is 8.03. The van der Waals surface area contributed by atoms with Crippen molar-refractivity contribution in [3.8, 4) is 0 Å². The highest BCUT2D eigenvalue weighted by Gasteiger charge is 2.17. The van der Waals surface area contributed by atoms with Crippen molar-refractivity contribution in [2.24, 2.45) is 0 Å². The third-order valence-electron chi connectivity index (χ3n) is 3.64. The Morgan fingerprint density at radius 2 is 1.83 bits per heavy atom. The van der Waals surface area contributed by atoms with Crippen LogP contribution in [-0.4, -0.2) is 17.7 Å². The summed E-state index contributed by atoms with van der Waals surface area (Å²) >= 11 is 13.6. The summed E-state index contributed by atoms with van der Waals surface area (Å²) < 4.78 is 0. The van der Waals surface area contributed by atoms with Crippen LogP contribution in [0.3, 0.4) is 0 Å². The van der Waals surface area contributed by atoms with Crippen LogP contribution in [0.4, 0.5) is 0 Å². The molecule has 0 spiro atoms. The molecular weight excluding hydrogens is 361 g/mol. The van der Waals surface area contributed by atoms with Crippen LogP contribution in [0.1, 0.15) is 25.3 Å². The second-order valence-electron chi connectivity index (χ2n) is 5.45. The van der Waals surface area contributed by atoms with E-state index in [1.54, 1.807) is 11.8 Å². The van der Waals surface area contributed by atoms with Gasteiger partial charge < -0.3 is 5.32 Å². The van der Waals surface area contributed by atoms with Gasteiger partial charge in [0.25, 0.3) is 0 Å². The fourth-order valence-electron chi connectivity index (χ4n) is 2.31. The van der Waals surface area contributed by atoms with E-state index in [9.17, 15) is 4.79 Å². The Morgan fingerprint density at radius 1 is 1.12 bits per heavy atom. The third-order valence-corrected chi connectivity index (χ3v) is 5.63. The largest absolute Gasteiger partial charge is 0.355 e. The smallest absolute Gasteiger partial charge is 0.233 e. The van der Waals surface area contributed by atoms with Crippen molar-refractivity contribution in [1.29, 1.82) is 0 Å². The van der Waals surface area contributed by atoms with Crippen LogP contribution in [0.15, 0.2) is 53.4 Å². The molecule has 0 saturated heterocycles. The standard InChI is InChI=1S/C19H21Cl2NOS/c1-2-18(24-16-11-9-15(20)10-12-16)19(23)22-13-5-7-14-6-3-4-8-17(14)21/h3-4,6,8-12,18H,2,5,7,13H2,1H3,(H,22,23)/t18-/m1/s1. The van der Waals surface area contributed by atoms with Gasteiger partial charge in [0, 0.05) is 21.5 Å². The number of amides is 1. The molecule has 1 N–H and O–H groups in total. The van der Waals surface area contributed by atoms with Crippen molar-refractivity contribution in [2.45, 2.75) is 36.3 Å². The van der Waals surface area contributed by atoms with Crippen LogP contribution < -0.4 is 5.32 Å². The molecule has 0 saturated carbocycles. The zero-order valence-electron chi connectivity index (χ0n) is 13.6. The minimum Gasteiger partial charge on any atom is -0.355 e. The second-order valence-corrected chi connectivity index (χ2v) is 7.57. The van der Waals surface area contributed by atoms with E-state index in [0.717, 1.165) is 34.7 Å². The lowest BCUT2D eigenvalue weighted by molar-refractivity contribution is -0.120. The van der Waals surface area contributed by atoms with Gasteiger partial charge in [-0.05, 0) is 55.2 Å². The highest BCUT2D eigenvalue weighted by molar-refractivity contribution is 8.00. The fourth-order valence-corrected chi connectivity index (χ4v) is 3.64. The van der Waals surface area contributed by atoms with E-state index in [1.807, 2.05) is 55.5 Å². The van der Waals surface area contributed by atoms with E-state index >= 15 is 0 Å². The summed E-state index contributed by atoms with van der Waals surface area (Å²) in [6.07, 6.45) is 2.52. The number of halogens is 2. The number of aryl methyl sites for hydroxylation is 1. The molecular formula is C19H21Cl2NOS. The monoisotopic (exact) mass is 381 g/mol. The lowest BCUT2D eigenvalue weighted by Gasteiger charge is -2.15. The molecule has 1 amide bonds. The van der Waals surface area contributed by atoms with E-state index in [-0.39, 0.29) is 11.2 Å². The second kappa shape index (κ2) is 9.97. The van der Waals surface area contributed by atoms with E-state index < -0.39 is 0 Å². The number of carbonyl (C=O) groups excluding carboxylic acids is 1. The first-order valence-corrected chi connectivity index (χ1v) is 9.67. The molecule has 0 fully saturated rings. The van der Waals surface area contributed by atoms with Crippen molar-refractivity contribution >= 4 is 40.9 Å². The molecule has 0 radical (unpaired) electrons. The summed E-state index contributed by atoms with van der Waals surface area (Å²) in [6, 6.07) is 15.4. The molecule has 2 nitrogen and oxygen atoms in total. The molecule has 0 aliphatic heterocycles. The van der Waals surface area contributed by atoms with Crippen molar-refractivity contribution in [3.05, 3.63) is 64.1 Å². The molecule has 24 heavy (non-hydrogen) atoms. The minimum atomic E-state index is -0.0912. The van der Waals surface area contributed by atoms with Crippen LogP contribution >= 0.6 is 35.0 Å². The summed E-state index contributed by atoms with van der Waals surface area (Å²) in [6.45, 7) is 2.68. The number of thioether (sulfide) groups is 1. The molecule has 0 unspecified atom stereocenters. The van der Waals surface area contributed by atoms with Gasteiger partial charge in [0.15, 0.2) is 0 Å². The SMILES string of the molecule is CC[C@@H](Sc1ccc(Cl)cc1)C(=O)NCCCc1ccccc1Cl. The quantitative estimate of drug-likeness (QED) is 0.475. The Balaban J connectivity index is 1.77. The summed E-state index contributed by atoms with van der Waals surface area (Å²) in [5, 5.41) is 4.43. The van der Waals surface area contributed by atoms with Gasteiger partial charge >= 0.3 is 0 Å². The highest BCUT2D eigenvalue weighted by Crippen LogP contribution is 2.26. The Morgan fingerprint density at radius 3 is 2.50 bits per heavy atom. The average Bonchev–Trinajstić information content (AvgIpc) is 2.59. The molecule has 2 aromatic rings. The van der Waals surface area contributed by atoms with Gasteiger partial charge in [-0.25, -0.2) is 0 Å². The van der Waals surface area contributed by atoms with Gasteiger partial charge in [0.05, 0.1) is 5.25 Å². The number of hydrogen-bond acceptors (Lipinski definition) is 2. The van der Waals surface area contributed by atoms with Crippen LogP contribution in [0, 0.1) is 0 Å². The van der Waals surface area contributed by atoms with Crippen LogP contribution in [0.5, 0.6) is 0 Å². The van der Waals surface area contributed by atoms with Crippen LogP contribution in [-0.2, 0) is 11.2 Å². The summed E-state index contributed by atoms with van der Waals surface area (Å²) in [7, 11) is 0. The molecule has 0 heterocycles. The third kappa shape index (κ3) is 6.04. The van der Waals surface area contributed by atoms with Crippen LogP contribution in [0.25, 0.3) is 0 Å². The Bertz CT molecular complexity index is 661. The van der Waals surface area contributed by atoms with Gasteiger partial charge in [-0.1, -0.05) is 48.3 Å². The molecule has 1 atom stereocenters. The van der Waals surface area contributed by atoms with E-state index in [1.165, 1.54) is 0 Å². The molecule has 0 aromatic heterocycles. The zero-order chi connectivity index (χ0) is 17.4. The maximum atomic E-state index is 12.3. The first kappa shape index (κ1) is 19.2. The molecule has 2 aromatic carbocycles. The van der Waals surface area contributed by atoms with Crippen LogP contribution in [0.2, 0.25) is 10.0 Å². The maximum Gasteiger partial charge on any atom is 0.233 e. The Kier molecular flexibility index (Phi) is 7.97. The molecule has 0 aliphatic carbocycles. The van der Waals surface area contributed by atoms with Crippen molar-refractivity contribution < 1.29 is 4.79 Å². The number of nitrogens with one attached hydrogen (secondary N) is 1. The van der Waals surface area contributed by atoms with Gasteiger partial charge in [-0.2, -0.15) is 0 Å². The summed E-state index contributed by atoms with van der Waals surface area (Å²) in [4.78, 5) is 13.4.